The fraction of sp³-hybridized carbons (Fsp3) is 0.179. The van der Waals surface area contributed by atoms with Crippen LogP contribution in [0.3, 0.4) is 0 Å². The fourth-order valence-corrected chi connectivity index (χ4v) is 3.64. The number of benzene rings is 3. The number of para-hydroxylation sites is 2. The molecule has 7 nitrogen and oxygen atoms in total. The molecule has 0 atom stereocenters. The smallest absolute Gasteiger partial charge is 0.255 e. The van der Waals surface area contributed by atoms with Gasteiger partial charge in [-0.25, -0.2) is 9.97 Å². The van der Waals surface area contributed by atoms with Crippen LogP contribution in [-0.2, 0) is 6.54 Å². The van der Waals surface area contributed by atoms with E-state index in [1.807, 2.05) is 84.7 Å². The van der Waals surface area contributed by atoms with E-state index in [2.05, 4.69) is 22.4 Å². The number of nitrogens with one attached hydrogen (secondary N) is 1. The van der Waals surface area contributed by atoms with Gasteiger partial charge in [-0.3, -0.25) is 4.79 Å². The SMILES string of the molecule is COc1ccccc1-c1nc(N(C)Cc2ccccc2)ncc1C(=O)NCCOc1ccccc1. The molecule has 1 N–H and O–H groups in total. The van der Waals surface area contributed by atoms with Gasteiger partial charge in [-0.05, 0) is 29.8 Å². The first-order valence-electron chi connectivity index (χ1n) is 11.4. The minimum Gasteiger partial charge on any atom is -0.496 e. The van der Waals surface area contributed by atoms with E-state index in [0.29, 0.717) is 42.7 Å². The monoisotopic (exact) mass is 468 g/mol. The molecule has 0 bridgehead atoms. The fourth-order valence-electron chi connectivity index (χ4n) is 3.64. The zero-order chi connectivity index (χ0) is 24.5. The third-order valence-corrected chi connectivity index (χ3v) is 5.39. The van der Waals surface area contributed by atoms with Gasteiger partial charge >= 0.3 is 0 Å². The Morgan fingerprint density at radius 1 is 0.943 bits per heavy atom. The highest BCUT2D eigenvalue weighted by Gasteiger charge is 2.20. The molecule has 0 aliphatic rings. The summed E-state index contributed by atoms with van der Waals surface area (Å²) in [6, 6.07) is 27.1. The molecule has 0 radical (unpaired) electrons. The van der Waals surface area contributed by atoms with Crippen LogP contribution >= 0.6 is 0 Å². The molecule has 0 saturated carbocycles. The standard InChI is InChI=1S/C28H28N4O3/c1-32(20-21-11-5-3-6-12-21)28-30-19-24(26(31-28)23-15-9-10-16-25(23)34-2)27(33)29-17-18-35-22-13-7-4-8-14-22/h3-16,19H,17-18,20H2,1-2H3,(H,29,33). The third-order valence-electron chi connectivity index (χ3n) is 5.39. The van der Waals surface area contributed by atoms with Crippen LogP contribution in [0.15, 0.2) is 91.1 Å². The Balaban J connectivity index is 1.56. The average molecular weight is 469 g/mol. The summed E-state index contributed by atoms with van der Waals surface area (Å²) in [5.41, 5.74) is 2.73. The van der Waals surface area contributed by atoms with E-state index in [4.69, 9.17) is 14.5 Å². The minimum absolute atomic E-state index is 0.278. The number of aromatic nitrogens is 2. The molecule has 4 rings (SSSR count). The number of rotatable bonds is 10. The first kappa shape index (κ1) is 23.8. The van der Waals surface area contributed by atoms with Gasteiger partial charge < -0.3 is 19.7 Å². The molecule has 178 valence electrons. The summed E-state index contributed by atoms with van der Waals surface area (Å²) < 4.78 is 11.2. The zero-order valence-corrected chi connectivity index (χ0v) is 19.8. The van der Waals surface area contributed by atoms with Gasteiger partial charge in [0.2, 0.25) is 5.95 Å². The van der Waals surface area contributed by atoms with E-state index in [9.17, 15) is 4.79 Å². The number of hydrogen-bond acceptors (Lipinski definition) is 6. The number of carbonyl (C=O) groups excluding carboxylic acids is 1. The minimum atomic E-state index is -0.278. The van der Waals surface area contributed by atoms with E-state index in [1.54, 1.807) is 13.3 Å². The second kappa shape index (κ2) is 11.7. The van der Waals surface area contributed by atoms with Crippen molar-refractivity contribution in [1.29, 1.82) is 0 Å². The number of carbonyl (C=O) groups is 1. The molecule has 0 spiro atoms. The van der Waals surface area contributed by atoms with Gasteiger partial charge in [0.05, 0.1) is 24.9 Å². The van der Waals surface area contributed by atoms with Crippen molar-refractivity contribution >= 4 is 11.9 Å². The Labute approximate surface area is 205 Å². The zero-order valence-electron chi connectivity index (χ0n) is 19.8. The Hall–Kier alpha value is -4.39. The molecular formula is C28H28N4O3. The lowest BCUT2D eigenvalue weighted by Crippen LogP contribution is -2.29. The average Bonchev–Trinajstić information content (AvgIpc) is 2.91. The van der Waals surface area contributed by atoms with Gasteiger partial charge in [-0.1, -0.05) is 60.7 Å². The summed E-state index contributed by atoms with van der Waals surface area (Å²) in [7, 11) is 3.53. The van der Waals surface area contributed by atoms with Gasteiger partial charge in [-0.2, -0.15) is 0 Å². The number of amides is 1. The molecule has 1 amide bonds. The molecule has 7 heteroatoms. The van der Waals surface area contributed by atoms with Crippen LogP contribution in [0, 0.1) is 0 Å². The topological polar surface area (TPSA) is 76.6 Å². The highest BCUT2D eigenvalue weighted by Crippen LogP contribution is 2.31. The molecule has 0 saturated heterocycles. The maximum Gasteiger partial charge on any atom is 0.255 e. The number of hydrogen-bond donors (Lipinski definition) is 1. The van der Waals surface area contributed by atoms with Crippen LogP contribution in [-0.4, -0.2) is 43.2 Å². The normalized spacial score (nSPS) is 10.5. The molecule has 4 aromatic rings. The van der Waals surface area contributed by atoms with E-state index >= 15 is 0 Å². The van der Waals surface area contributed by atoms with Crippen LogP contribution in [0.25, 0.3) is 11.3 Å². The summed E-state index contributed by atoms with van der Waals surface area (Å²) in [6.07, 6.45) is 1.57. The summed E-state index contributed by atoms with van der Waals surface area (Å²) in [4.78, 5) is 24.4. The summed E-state index contributed by atoms with van der Waals surface area (Å²) in [6.45, 7) is 1.32. The first-order chi connectivity index (χ1) is 17.2. The molecular weight excluding hydrogens is 440 g/mol. The molecule has 1 aromatic heterocycles. The largest absolute Gasteiger partial charge is 0.496 e. The lowest BCUT2D eigenvalue weighted by Gasteiger charge is -2.19. The van der Waals surface area contributed by atoms with Crippen molar-refractivity contribution in [3.63, 3.8) is 0 Å². The molecule has 0 unspecified atom stereocenters. The third kappa shape index (κ3) is 6.14. The van der Waals surface area contributed by atoms with Crippen LogP contribution in [0.4, 0.5) is 5.95 Å². The van der Waals surface area contributed by atoms with Crippen LogP contribution in [0.5, 0.6) is 11.5 Å². The van der Waals surface area contributed by atoms with Gasteiger partial charge in [0.1, 0.15) is 18.1 Å². The lowest BCUT2D eigenvalue weighted by molar-refractivity contribution is 0.0947. The Morgan fingerprint density at radius 2 is 1.63 bits per heavy atom. The maximum atomic E-state index is 13.1. The van der Waals surface area contributed by atoms with Crippen molar-refractivity contribution in [3.05, 3.63) is 102 Å². The van der Waals surface area contributed by atoms with E-state index in [1.165, 1.54) is 0 Å². The Morgan fingerprint density at radius 3 is 2.37 bits per heavy atom. The van der Waals surface area contributed by atoms with E-state index in [0.717, 1.165) is 16.9 Å². The van der Waals surface area contributed by atoms with Gasteiger partial charge in [0.15, 0.2) is 0 Å². The highest BCUT2D eigenvalue weighted by molar-refractivity contribution is 6.00. The predicted molar refractivity (Wildman–Crippen MR) is 137 cm³/mol. The summed E-state index contributed by atoms with van der Waals surface area (Å²) >= 11 is 0. The van der Waals surface area contributed by atoms with Gasteiger partial charge in [0, 0.05) is 25.4 Å². The Kier molecular flexibility index (Phi) is 7.91. The van der Waals surface area contributed by atoms with Gasteiger partial charge in [-0.15, -0.1) is 0 Å². The second-order valence-electron chi connectivity index (χ2n) is 7.89. The molecule has 0 aliphatic carbocycles. The molecule has 3 aromatic carbocycles. The van der Waals surface area contributed by atoms with Crippen molar-refractivity contribution in [2.45, 2.75) is 6.54 Å². The van der Waals surface area contributed by atoms with Crippen LogP contribution in [0.2, 0.25) is 0 Å². The Bertz CT molecular complexity index is 1250. The second-order valence-corrected chi connectivity index (χ2v) is 7.89. The van der Waals surface area contributed by atoms with Crippen molar-refractivity contribution in [2.75, 3.05) is 32.2 Å². The number of ether oxygens (including phenoxy) is 2. The van der Waals surface area contributed by atoms with Crippen LogP contribution < -0.4 is 19.7 Å². The summed E-state index contributed by atoms with van der Waals surface area (Å²) in [5, 5.41) is 2.91. The number of methoxy groups -OCH3 is 1. The molecule has 0 fully saturated rings. The van der Waals surface area contributed by atoms with Crippen LogP contribution in [0.1, 0.15) is 15.9 Å². The lowest BCUT2D eigenvalue weighted by atomic mass is 10.1. The van der Waals surface area contributed by atoms with Crippen molar-refractivity contribution in [1.82, 2.24) is 15.3 Å². The quantitative estimate of drug-likeness (QED) is 0.343. The van der Waals surface area contributed by atoms with Crippen molar-refractivity contribution in [3.8, 4) is 22.8 Å². The number of anilines is 1. The maximum absolute atomic E-state index is 13.1. The van der Waals surface area contributed by atoms with E-state index in [-0.39, 0.29) is 5.91 Å². The highest BCUT2D eigenvalue weighted by atomic mass is 16.5. The molecule has 35 heavy (non-hydrogen) atoms. The van der Waals surface area contributed by atoms with Gasteiger partial charge in [0.25, 0.3) is 5.91 Å². The van der Waals surface area contributed by atoms with Crippen molar-refractivity contribution in [2.24, 2.45) is 0 Å². The first-order valence-corrected chi connectivity index (χ1v) is 11.4. The predicted octanol–water partition coefficient (Wildman–Crippen LogP) is 4.60. The summed E-state index contributed by atoms with van der Waals surface area (Å²) in [5.74, 6) is 1.62. The number of nitrogens with zero attached hydrogens (tertiary/aromatic N) is 3. The van der Waals surface area contributed by atoms with E-state index < -0.39 is 0 Å². The molecule has 1 heterocycles. The molecule has 0 aliphatic heterocycles. The van der Waals surface area contributed by atoms with Crippen molar-refractivity contribution < 1.29 is 14.3 Å².